The summed E-state index contributed by atoms with van der Waals surface area (Å²) in [6.07, 6.45) is 2.68. The van der Waals surface area contributed by atoms with E-state index in [4.69, 9.17) is 5.73 Å². The molecule has 0 spiro atoms. The highest BCUT2D eigenvalue weighted by Gasteiger charge is 2.28. The van der Waals surface area contributed by atoms with Crippen molar-refractivity contribution in [3.05, 3.63) is 39.4 Å². The Kier molecular flexibility index (Phi) is 5.24. The van der Waals surface area contributed by atoms with E-state index in [1.165, 1.54) is 12.3 Å². The Morgan fingerprint density at radius 1 is 1.41 bits per heavy atom. The molecule has 2 aromatic rings. The van der Waals surface area contributed by atoms with Gasteiger partial charge in [0.15, 0.2) is 0 Å². The SMILES string of the molecule is CCc1c(N2CC[C@@H](N)[C@@H](C)C2)c(F)cc2c(=O)c(C(=O)O)cn(CC)c12. The number of carboxylic acids is 1. The number of fused-ring (bicyclic) bond motifs is 1. The lowest BCUT2D eigenvalue weighted by atomic mass is 9.93. The number of nitrogens with zero attached hydrogens (tertiary/aromatic N) is 2. The van der Waals surface area contributed by atoms with Gasteiger partial charge >= 0.3 is 5.97 Å². The number of hydrogen-bond acceptors (Lipinski definition) is 4. The topological polar surface area (TPSA) is 88.6 Å². The minimum absolute atomic E-state index is 0.0989. The molecule has 1 fully saturated rings. The van der Waals surface area contributed by atoms with Gasteiger partial charge in [-0.15, -0.1) is 0 Å². The number of pyridine rings is 1. The molecule has 0 radical (unpaired) electrons. The molecule has 3 N–H and O–H groups in total. The van der Waals surface area contributed by atoms with Crippen LogP contribution in [0.3, 0.4) is 0 Å². The zero-order valence-electron chi connectivity index (χ0n) is 16.0. The predicted octanol–water partition coefficient (Wildman–Crippen LogP) is 2.59. The van der Waals surface area contributed by atoms with Gasteiger partial charge in [0.1, 0.15) is 11.4 Å². The van der Waals surface area contributed by atoms with Crippen molar-refractivity contribution in [3.63, 3.8) is 0 Å². The minimum Gasteiger partial charge on any atom is -0.477 e. The van der Waals surface area contributed by atoms with Crippen molar-refractivity contribution in [2.75, 3.05) is 18.0 Å². The van der Waals surface area contributed by atoms with E-state index >= 15 is 4.39 Å². The molecule has 0 amide bonds. The van der Waals surface area contributed by atoms with Gasteiger partial charge in [-0.25, -0.2) is 9.18 Å². The van der Waals surface area contributed by atoms with Crippen molar-refractivity contribution in [1.82, 2.24) is 4.57 Å². The highest BCUT2D eigenvalue weighted by atomic mass is 19.1. The summed E-state index contributed by atoms with van der Waals surface area (Å²) in [6.45, 7) is 7.65. The summed E-state index contributed by atoms with van der Waals surface area (Å²) in [5.74, 6) is -1.55. The lowest BCUT2D eigenvalue weighted by Crippen LogP contribution is -2.46. The summed E-state index contributed by atoms with van der Waals surface area (Å²) in [5.41, 5.74) is 6.99. The summed E-state index contributed by atoms with van der Waals surface area (Å²) in [7, 11) is 0. The smallest absolute Gasteiger partial charge is 0.341 e. The van der Waals surface area contributed by atoms with Crippen molar-refractivity contribution < 1.29 is 14.3 Å². The molecule has 1 aromatic heterocycles. The molecular formula is C20H26FN3O3. The first-order valence-corrected chi connectivity index (χ1v) is 9.42. The van der Waals surface area contributed by atoms with E-state index in [-0.39, 0.29) is 22.9 Å². The molecule has 1 saturated heterocycles. The van der Waals surface area contributed by atoms with Crippen LogP contribution in [-0.4, -0.2) is 34.8 Å². The van der Waals surface area contributed by atoms with Crippen LogP contribution in [0.4, 0.5) is 10.1 Å². The van der Waals surface area contributed by atoms with Crippen LogP contribution in [0.1, 0.15) is 43.1 Å². The number of benzene rings is 1. The van der Waals surface area contributed by atoms with Crippen molar-refractivity contribution in [3.8, 4) is 0 Å². The normalized spacial score (nSPS) is 20.3. The molecule has 1 aromatic carbocycles. The molecule has 0 saturated carbocycles. The average molecular weight is 375 g/mol. The lowest BCUT2D eigenvalue weighted by Gasteiger charge is -2.38. The van der Waals surface area contributed by atoms with Crippen LogP contribution in [0.15, 0.2) is 17.1 Å². The number of rotatable bonds is 4. The first kappa shape index (κ1) is 19.4. The molecule has 7 heteroatoms. The number of nitrogens with two attached hydrogens (primary N) is 1. The molecule has 146 valence electrons. The number of anilines is 1. The molecule has 2 heterocycles. The summed E-state index contributed by atoms with van der Waals surface area (Å²) in [5, 5.41) is 9.45. The van der Waals surface area contributed by atoms with Gasteiger partial charge in [-0.3, -0.25) is 4.79 Å². The van der Waals surface area contributed by atoms with Gasteiger partial charge in [0.25, 0.3) is 0 Å². The molecule has 3 rings (SSSR count). The largest absolute Gasteiger partial charge is 0.477 e. The number of carboxylic acid groups (broad SMARTS) is 1. The zero-order chi connectivity index (χ0) is 19.9. The number of hydrogen-bond donors (Lipinski definition) is 2. The molecule has 1 aliphatic heterocycles. The van der Waals surface area contributed by atoms with Gasteiger partial charge in [-0.1, -0.05) is 13.8 Å². The molecule has 27 heavy (non-hydrogen) atoms. The van der Waals surface area contributed by atoms with E-state index < -0.39 is 17.2 Å². The highest BCUT2D eigenvalue weighted by Crippen LogP contribution is 2.34. The van der Waals surface area contributed by atoms with Crippen LogP contribution in [0.5, 0.6) is 0 Å². The first-order valence-electron chi connectivity index (χ1n) is 9.42. The Hall–Kier alpha value is -2.41. The summed E-state index contributed by atoms with van der Waals surface area (Å²) in [6, 6.07) is 1.30. The standard InChI is InChI=1S/C20H26FN3O3/c1-4-12-17-13(19(25)14(20(26)27)10-23(17)5-2)8-15(21)18(12)24-7-6-16(22)11(3)9-24/h8,10-11,16H,4-7,9,22H2,1-3H3,(H,26,27)/t11-,16+/m0/s1. The van der Waals surface area contributed by atoms with Crippen molar-refractivity contribution in [2.24, 2.45) is 11.7 Å². The Morgan fingerprint density at radius 3 is 2.67 bits per heavy atom. The highest BCUT2D eigenvalue weighted by molar-refractivity contribution is 5.95. The van der Waals surface area contributed by atoms with Crippen LogP contribution in [-0.2, 0) is 13.0 Å². The van der Waals surface area contributed by atoms with Crippen LogP contribution in [0, 0.1) is 11.7 Å². The molecule has 6 nitrogen and oxygen atoms in total. The molecule has 2 atom stereocenters. The fraction of sp³-hybridized carbons (Fsp3) is 0.500. The second kappa shape index (κ2) is 7.31. The predicted molar refractivity (Wildman–Crippen MR) is 104 cm³/mol. The van der Waals surface area contributed by atoms with E-state index in [0.717, 1.165) is 12.0 Å². The average Bonchev–Trinajstić information content (AvgIpc) is 2.63. The van der Waals surface area contributed by atoms with E-state index in [9.17, 15) is 14.7 Å². The number of carbonyl (C=O) groups is 1. The van der Waals surface area contributed by atoms with Gasteiger partial charge < -0.3 is 20.3 Å². The Balaban J connectivity index is 2.31. The molecule has 0 aliphatic carbocycles. The zero-order valence-corrected chi connectivity index (χ0v) is 16.0. The van der Waals surface area contributed by atoms with E-state index in [1.54, 1.807) is 4.57 Å². The fourth-order valence-corrected chi connectivity index (χ4v) is 4.05. The third kappa shape index (κ3) is 3.20. The van der Waals surface area contributed by atoms with E-state index in [2.05, 4.69) is 6.92 Å². The summed E-state index contributed by atoms with van der Waals surface area (Å²) >= 11 is 0. The first-order chi connectivity index (χ1) is 12.8. The third-order valence-corrected chi connectivity index (χ3v) is 5.60. The maximum absolute atomic E-state index is 15.2. The number of halogens is 1. The maximum atomic E-state index is 15.2. The Labute approximate surface area is 157 Å². The molecule has 0 bridgehead atoms. The van der Waals surface area contributed by atoms with Gasteiger partial charge in [0, 0.05) is 42.8 Å². The van der Waals surface area contributed by atoms with E-state index in [0.29, 0.717) is 37.3 Å². The van der Waals surface area contributed by atoms with Crippen LogP contribution >= 0.6 is 0 Å². The minimum atomic E-state index is -1.30. The van der Waals surface area contributed by atoms with Crippen LogP contribution in [0.25, 0.3) is 10.9 Å². The van der Waals surface area contributed by atoms with E-state index in [1.807, 2.05) is 18.7 Å². The number of aryl methyl sites for hydroxylation is 2. The summed E-state index contributed by atoms with van der Waals surface area (Å²) < 4.78 is 16.9. The Morgan fingerprint density at radius 2 is 2.11 bits per heavy atom. The molecule has 0 unspecified atom stereocenters. The second-order valence-corrected chi connectivity index (χ2v) is 7.27. The lowest BCUT2D eigenvalue weighted by molar-refractivity contribution is 0.0695. The molecule has 1 aliphatic rings. The van der Waals surface area contributed by atoms with Gasteiger partial charge in [0.05, 0.1) is 11.2 Å². The van der Waals surface area contributed by atoms with Crippen molar-refractivity contribution in [1.29, 1.82) is 0 Å². The molecular weight excluding hydrogens is 349 g/mol. The summed E-state index contributed by atoms with van der Waals surface area (Å²) in [4.78, 5) is 26.1. The van der Waals surface area contributed by atoms with Crippen LogP contribution in [0.2, 0.25) is 0 Å². The van der Waals surface area contributed by atoms with Gasteiger partial charge in [-0.2, -0.15) is 0 Å². The second-order valence-electron chi connectivity index (χ2n) is 7.27. The van der Waals surface area contributed by atoms with Gasteiger partial charge in [-0.05, 0) is 31.7 Å². The maximum Gasteiger partial charge on any atom is 0.341 e. The number of piperidine rings is 1. The monoisotopic (exact) mass is 375 g/mol. The number of aromatic nitrogens is 1. The fourth-order valence-electron chi connectivity index (χ4n) is 4.05. The van der Waals surface area contributed by atoms with Crippen molar-refractivity contribution >= 4 is 22.6 Å². The Bertz CT molecular complexity index is 954. The van der Waals surface area contributed by atoms with Crippen molar-refractivity contribution in [2.45, 2.75) is 46.2 Å². The quantitative estimate of drug-likeness (QED) is 0.858. The van der Waals surface area contributed by atoms with Crippen LogP contribution < -0.4 is 16.1 Å². The van der Waals surface area contributed by atoms with Gasteiger partial charge in [0.2, 0.25) is 5.43 Å². The number of aromatic carboxylic acids is 1. The third-order valence-electron chi connectivity index (χ3n) is 5.60.